The van der Waals surface area contributed by atoms with E-state index in [4.69, 9.17) is 21.2 Å². The molecule has 10 nitrogen and oxygen atoms in total. The van der Waals surface area contributed by atoms with E-state index in [1.807, 2.05) is 0 Å². The predicted molar refractivity (Wildman–Crippen MR) is 138 cm³/mol. The van der Waals surface area contributed by atoms with Gasteiger partial charge in [-0.25, -0.2) is 37.5 Å². The number of halogens is 4. The van der Waals surface area contributed by atoms with E-state index < -0.39 is 47.4 Å². The number of benzene rings is 1. The zero-order chi connectivity index (χ0) is 28.4. The van der Waals surface area contributed by atoms with Crippen molar-refractivity contribution in [3.8, 4) is 17.0 Å². The lowest BCUT2D eigenvalue weighted by Gasteiger charge is -2.46. The number of piperidine rings is 1. The topological polar surface area (TPSA) is 141 Å². The number of pyridine rings is 1. The van der Waals surface area contributed by atoms with E-state index in [9.17, 15) is 22.7 Å². The number of hydrogen-bond acceptors (Lipinski definition) is 9. The van der Waals surface area contributed by atoms with Gasteiger partial charge in [0.1, 0.15) is 17.9 Å². The molecule has 1 aliphatic carbocycles. The first kappa shape index (κ1) is 26.2. The van der Waals surface area contributed by atoms with Crippen LogP contribution < -0.4 is 21.1 Å². The molecule has 3 aromatic heterocycles. The van der Waals surface area contributed by atoms with Crippen molar-refractivity contribution in [2.24, 2.45) is 5.73 Å². The van der Waals surface area contributed by atoms with Gasteiger partial charge < -0.3 is 30.8 Å². The number of imidazole rings is 1. The van der Waals surface area contributed by atoms with Gasteiger partial charge in [-0.15, -0.1) is 0 Å². The minimum absolute atomic E-state index is 0.0665. The van der Waals surface area contributed by atoms with Crippen molar-refractivity contribution in [3.63, 3.8) is 0 Å². The number of aliphatic hydroxyl groups is 1. The Morgan fingerprint density at radius 2 is 1.90 bits per heavy atom. The van der Waals surface area contributed by atoms with Gasteiger partial charge in [-0.3, -0.25) is 0 Å². The fourth-order valence-corrected chi connectivity index (χ4v) is 5.95. The molecule has 1 aromatic carbocycles. The monoisotopic (exact) mass is 558 g/mol. The van der Waals surface area contributed by atoms with Crippen molar-refractivity contribution in [2.45, 2.75) is 49.4 Å². The van der Waals surface area contributed by atoms with Crippen molar-refractivity contribution in [1.29, 1.82) is 0 Å². The van der Waals surface area contributed by atoms with Crippen LogP contribution in [0.15, 0.2) is 36.9 Å². The number of aromatic nitrogens is 5. The third kappa shape index (κ3) is 4.01. The number of ether oxygens (including phenoxy) is 1. The number of nitrogen functional groups attached to an aromatic ring is 1. The second-order valence-corrected chi connectivity index (χ2v) is 10.2. The second kappa shape index (κ2) is 9.27. The van der Waals surface area contributed by atoms with E-state index in [1.165, 1.54) is 12.7 Å². The third-order valence-corrected chi connectivity index (χ3v) is 7.89. The fraction of sp³-hybridized carbons (Fsp3) is 0.385. The Morgan fingerprint density at radius 3 is 2.62 bits per heavy atom. The van der Waals surface area contributed by atoms with Crippen LogP contribution in [0, 0.1) is 11.6 Å². The van der Waals surface area contributed by atoms with Crippen LogP contribution in [-0.2, 0) is 6.54 Å². The summed E-state index contributed by atoms with van der Waals surface area (Å²) in [5.74, 6) is -5.49. The summed E-state index contributed by atoms with van der Waals surface area (Å²) in [6.07, 6.45) is 0.868. The summed E-state index contributed by atoms with van der Waals surface area (Å²) < 4.78 is 65.0. The van der Waals surface area contributed by atoms with E-state index in [-0.39, 0.29) is 30.0 Å². The van der Waals surface area contributed by atoms with Gasteiger partial charge in [-0.1, -0.05) is 0 Å². The van der Waals surface area contributed by atoms with Gasteiger partial charge >= 0.3 is 0 Å². The maximum Gasteiger partial charge on any atom is 0.277 e. The van der Waals surface area contributed by atoms with E-state index in [0.29, 0.717) is 35.5 Å². The smallest absolute Gasteiger partial charge is 0.277 e. The van der Waals surface area contributed by atoms with Gasteiger partial charge in [0.25, 0.3) is 5.92 Å². The van der Waals surface area contributed by atoms with Crippen LogP contribution >= 0.6 is 0 Å². The maximum atomic E-state index is 14.7. The molecule has 14 heteroatoms. The Balaban J connectivity index is 1.48. The van der Waals surface area contributed by atoms with Crippen LogP contribution in [0.3, 0.4) is 0 Å². The number of nitrogens with two attached hydrogens (primary N) is 2. The van der Waals surface area contributed by atoms with Gasteiger partial charge in [0.15, 0.2) is 28.8 Å². The molecule has 40 heavy (non-hydrogen) atoms. The molecule has 2 fully saturated rings. The molecule has 1 saturated carbocycles. The zero-order valence-electron chi connectivity index (χ0n) is 21.4. The minimum atomic E-state index is -3.36. The number of alkyl halides is 2. The first-order valence-electron chi connectivity index (χ1n) is 12.6. The van der Waals surface area contributed by atoms with E-state index in [0.717, 1.165) is 19.2 Å². The second-order valence-electron chi connectivity index (χ2n) is 10.2. The van der Waals surface area contributed by atoms with Gasteiger partial charge in [0.05, 0.1) is 48.6 Å². The predicted octanol–water partition coefficient (Wildman–Crippen LogP) is 2.87. The summed E-state index contributed by atoms with van der Waals surface area (Å²) in [5, 5.41) is 10.4. The molecule has 2 aliphatic rings. The van der Waals surface area contributed by atoms with Crippen LogP contribution in [0.5, 0.6) is 5.75 Å². The zero-order valence-corrected chi connectivity index (χ0v) is 21.4. The van der Waals surface area contributed by atoms with E-state index in [1.54, 1.807) is 21.6 Å². The van der Waals surface area contributed by atoms with Crippen LogP contribution in [-0.4, -0.2) is 66.9 Å². The molecule has 4 aromatic rings. The number of rotatable bonds is 5. The molecule has 1 aliphatic heterocycles. The Hall–Kier alpha value is -4.04. The Labute approximate surface area is 225 Å². The largest absolute Gasteiger partial charge is 0.491 e. The Kier molecular flexibility index (Phi) is 6.07. The highest BCUT2D eigenvalue weighted by molar-refractivity contribution is 5.81. The van der Waals surface area contributed by atoms with Gasteiger partial charge in [-0.05, 0) is 37.1 Å². The van der Waals surface area contributed by atoms with Gasteiger partial charge in [0.2, 0.25) is 0 Å². The lowest BCUT2D eigenvalue weighted by Crippen LogP contribution is -2.64. The molecule has 1 saturated heterocycles. The fourth-order valence-electron chi connectivity index (χ4n) is 5.95. The van der Waals surface area contributed by atoms with Crippen LogP contribution in [0.2, 0.25) is 0 Å². The van der Waals surface area contributed by atoms with E-state index >= 15 is 0 Å². The molecule has 0 amide bonds. The molecular weight excluding hydrogens is 532 g/mol. The molecular formula is C26H26F4N8O2. The standard InChI is InChI=1S/C26H26F4N8O2/c1-40-21-14(27)7-13(8-15(21)28)16-3-4-18(38-6-2-5-25(32)19(38)9-26(29,30)24(25)39)17(36-16)10-37-12-35-20-22(31)33-11-34-23(20)37/h3-4,7-8,11-12,19,24,39H,2,5-6,9-10,32H2,1H3,(H2,31,33,34)/t19?,24-,25-/m1/s1. The number of methoxy groups -OCH3 is 1. The molecule has 210 valence electrons. The molecule has 0 spiro atoms. The van der Waals surface area contributed by atoms with Crippen molar-refractivity contribution in [2.75, 3.05) is 24.3 Å². The normalized spacial score (nSPS) is 23.9. The number of nitrogens with zero attached hydrogens (tertiary/aromatic N) is 6. The first-order chi connectivity index (χ1) is 19.0. The molecule has 6 rings (SSSR count). The lowest BCUT2D eigenvalue weighted by atomic mass is 9.82. The quantitative estimate of drug-likeness (QED) is 0.315. The summed E-state index contributed by atoms with van der Waals surface area (Å²) in [6, 6.07) is 4.56. The highest BCUT2D eigenvalue weighted by Crippen LogP contribution is 2.49. The van der Waals surface area contributed by atoms with Crippen molar-refractivity contribution in [3.05, 3.63) is 54.2 Å². The number of fused-ring (bicyclic) bond motifs is 2. The summed E-state index contributed by atoms with van der Waals surface area (Å²) in [5.41, 5.74) is 12.9. The van der Waals surface area contributed by atoms with Crippen molar-refractivity contribution < 1.29 is 27.4 Å². The van der Waals surface area contributed by atoms with Crippen LogP contribution in [0.1, 0.15) is 25.0 Å². The number of hydrogen-bond donors (Lipinski definition) is 3. The average molecular weight is 559 g/mol. The number of anilines is 2. The number of aliphatic hydroxyl groups excluding tert-OH is 1. The Morgan fingerprint density at radius 1 is 1.15 bits per heavy atom. The van der Waals surface area contributed by atoms with Gasteiger partial charge in [0, 0.05) is 18.5 Å². The third-order valence-electron chi connectivity index (χ3n) is 7.89. The summed E-state index contributed by atoms with van der Waals surface area (Å²) >= 11 is 0. The lowest BCUT2D eigenvalue weighted by molar-refractivity contribution is -0.104. The SMILES string of the molecule is COc1c(F)cc(-c2ccc(N3CCC[C@@]4(N)C3CC(F)(F)[C@@H]4O)c(Cn3cnc4c(N)ncnc43)n2)cc1F. The molecule has 1 unspecified atom stereocenters. The molecule has 0 bridgehead atoms. The summed E-state index contributed by atoms with van der Waals surface area (Å²) in [7, 11) is 1.16. The molecule has 5 N–H and O–H groups in total. The average Bonchev–Trinajstić information content (AvgIpc) is 3.40. The maximum absolute atomic E-state index is 14.7. The first-order valence-corrected chi connectivity index (χ1v) is 12.6. The highest BCUT2D eigenvalue weighted by atomic mass is 19.3. The van der Waals surface area contributed by atoms with Crippen molar-refractivity contribution >= 4 is 22.7 Å². The molecule has 3 atom stereocenters. The molecule has 0 radical (unpaired) electrons. The summed E-state index contributed by atoms with van der Waals surface area (Å²) in [6.45, 7) is 0.461. The highest BCUT2D eigenvalue weighted by Gasteiger charge is 2.64. The summed E-state index contributed by atoms with van der Waals surface area (Å²) in [4.78, 5) is 19.0. The minimum Gasteiger partial charge on any atom is -0.491 e. The van der Waals surface area contributed by atoms with Crippen LogP contribution in [0.4, 0.5) is 29.1 Å². The van der Waals surface area contributed by atoms with E-state index in [2.05, 4.69) is 15.0 Å². The molecule has 4 heterocycles. The van der Waals surface area contributed by atoms with Crippen molar-refractivity contribution in [1.82, 2.24) is 24.5 Å². The van der Waals surface area contributed by atoms with Gasteiger partial charge in [-0.2, -0.15) is 0 Å². The Bertz CT molecular complexity index is 1590. The van der Waals surface area contributed by atoms with Crippen LogP contribution in [0.25, 0.3) is 22.4 Å².